The van der Waals surface area contributed by atoms with E-state index in [9.17, 15) is 15.0 Å². The largest absolute Gasteiger partial charge is 0.480 e. The van der Waals surface area contributed by atoms with Gasteiger partial charge in [-0.25, -0.2) is 0 Å². The van der Waals surface area contributed by atoms with Gasteiger partial charge in [-0.05, 0) is 42.4 Å². The van der Waals surface area contributed by atoms with Gasteiger partial charge in [0, 0.05) is 57.0 Å². The first kappa shape index (κ1) is 26.0. The Balaban J connectivity index is 1.26. The standard InChI is InChI=1S/C32H40N2O3/c35-31(36)30(27-14-8-3-9-15-27)34-23-28(29(24-34)26-12-6-2-7-13-26)22-33-20-18-32(37,19-21-33)17-16-25-10-4-1-5-11-25/h1-2,4-7,10-13,27-30,37H,3,8-9,14-15,18-24H2,(H,35,36)/t28-,29+,30+/m0/s1. The minimum Gasteiger partial charge on any atom is -0.480 e. The molecule has 5 nitrogen and oxygen atoms in total. The van der Waals surface area contributed by atoms with Crippen molar-refractivity contribution in [2.45, 2.75) is 62.5 Å². The lowest BCUT2D eigenvalue weighted by atomic mass is 9.83. The summed E-state index contributed by atoms with van der Waals surface area (Å²) in [6.07, 6.45) is 6.87. The summed E-state index contributed by atoms with van der Waals surface area (Å²) in [6.45, 7) is 4.17. The predicted octanol–water partition coefficient (Wildman–Crippen LogP) is 4.61. The van der Waals surface area contributed by atoms with E-state index in [0.717, 1.165) is 64.0 Å². The Bertz CT molecular complexity index is 1080. The molecule has 3 atom stereocenters. The van der Waals surface area contributed by atoms with E-state index in [1.165, 1.54) is 12.0 Å². The number of hydrogen-bond acceptors (Lipinski definition) is 4. The lowest BCUT2D eigenvalue weighted by Crippen LogP contribution is -2.47. The van der Waals surface area contributed by atoms with E-state index in [2.05, 4.69) is 52.0 Å². The van der Waals surface area contributed by atoms with Gasteiger partial charge in [0.1, 0.15) is 11.6 Å². The van der Waals surface area contributed by atoms with Gasteiger partial charge in [0.25, 0.3) is 0 Å². The zero-order valence-corrected chi connectivity index (χ0v) is 21.8. The molecule has 2 heterocycles. The Kier molecular flexibility index (Phi) is 8.30. The van der Waals surface area contributed by atoms with Crippen LogP contribution in [0.3, 0.4) is 0 Å². The summed E-state index contributed by atoms with van der Waals surface area (Å²) in [7, 11) is 0. The van der Waals surface area contributed by atoms with Crippen molar-refractivity contribution in [2.75, 3.05) is 32.7 Å². The second kappa shape index (κ2) is 11.8. The van der Waals surface area contributed by atoms with Gasteiger partial charge in [0.05, 0.1) is 0 Å². The molecule has 3 aliphatic rings. The Morgan fingerprint density at radius 1 is 0.946 bits per heavy atom. The highest BCUT2D eigenvalue weighted by Crippen LogP contribution is 2.38. The Hall–Kier alpha value is -2.65. The van der Waals surface area contributed by atoms with Gasteiger partial charge in [-0.15, -0.1) is 0 Å². The molecule has 1 saturated carbocycles. The number of piperidine rings is 1. The predicted molar refractivity (Wildman–Crippen MR) is 146 cm³/mol. The maximum atomic E-state index is 12.5. The van der Waals surface area contributed by atoms with Crippen LogP contribution in [0.4, 0.5) is 0 Å². The number of aliphatic carboxylic acids is 1. The Morgan fingerprint density at radius 3 is 2.24 bits per heavy atom. The second-order valence-corrected chi connectivity index (χ2v) is 11.4. The molecular weight excluding hydrogens is 460 g/mol. The van der Waals surface area contributed by atoms with Crippen LogP contribution in [0, 0.1) is 23.7 Å². The summed E-state index contributed by atoms with van der Waals surface area (Å²) in [4.78, 5) is 17.2. The van der Waals surface area contributed by atoms with Gasteiger partial charge in [-0.2, -0.15) is 0 Å². The monoisotopic (exact) mass is 500 g/mol. The van der Waals surface area contributed by atoms with Gasteiger partial charge in [0.15, 0.2) is 0 Å². The number of carbonyl (C=O) groups is 1. The van der Waals surface area contributed by atoms with Crippen molar-refractivity contribution >= 4 is 5.97 Å². The second-order valence-electron chi connectivity index (χ2n) is 11.4. The lowest BCUT2D eigenvalue weighted by molar-refractivity contribution is -0.145. The van der Waals surface area contributed by atoms with E-state index in [1.54, 1.807) is 0 Å². The summed E-state index contributed by atoms with van der Waals surface area (Å²) in [6, 6.07) is 20.1. The van der Waals surface area contributed by atoms with E-state index < -0.39 is 11.6 Å². The molecule has 0 radical (unpaired) electrons. The molecule has 5 heteroatoms. The van der Waals surface area contributed by atoms with Crippen molar-refractivity contribution in [3.05, 3.63) is 71.8 Å². The third-order valence-corrected chi connectivity index (χ3v) is 8.83. The van der Waals surface area contributed by atoms with Crippen molar-refractivity contribution in [2.24, 2.45) is 11.8 Å². The first-order valence-electron chi connectivity index (χ1n) is 14.1. The summed E-state index contributed by atoms with van der Waals surface area (Å²) >= 11 is 0. The lowest BCUT2D eigenvalue weighted by Gasteiger charge is -2.37. The van der Waals surface area contributed by atoms with Gasteiger partial charge in [-0.3, -0.25) is 9.69 Å². The van der Waals surface area contributed by atoms with Crippen LogP contribution in [0.25, 0.3) is 0 Å². The van der Waals surface area contributed by atoms with Gasteiger partial charge < -0.3 is 15.1 Å². The number of rotatable bonds is 6. The number of likely N-dealkylation sites (tertiary alicyclic amines) is 2. The third kappa shape index (κ3) is 6.44. The van der Waals surface area contributed by atoms with Crippen LogP contribution >= 0.6 is 0 Å². The summed E-state index contributed by atoms with van der Waals surface area (Å²) < 4.78 is 0. The number of aliphatic hydroxyl groups is 1. The van der Waals surface area contributed by atoms with E-state index in [-0.39, 0.29) is 12.0 Å². The SMILES string of the molecule is O=C(O)[C@@H](C1CCCCC1)N1C[C@H](CN2CCC(O)(C#Cc3ccccc3)CC2)[C@@H](c2ccccc2)C1. The summed E-state index contributed by atoms with van der Waals surface area (Å²) in [5.41, 5.74) is 1.30. The molecule has 3 fully saturated rings. The Labute approximate surface area is 221 Å². The normalized spacial score (nSPS) is 25.8. The first-order valence-corrected chi connectivity index (χ1v) is 14.1. The van der Waals surface area contributed by atoms with Crippen molar-refractivity contribution in [1.82, 2.24) is 9.80 Å². The molecule has 196 valence electrons. The smallest absolute Gasteiger partial charge is 0.321 e. The zero-order valence-electron chi connectivity index (χ0n) is 21.8. The zero-order chi connectivity index (χ0) is 25.7. The first-order chi connectivity index (χ1) is 18.0. The molecular formula is C32H40N2O3. The maximum absolute atomic E-state index is 12.5. The topological polar surface area (TPSA) is 64.0 Å². The van der Waals surface area contributed by atoms with Crippen LogP contribution in [0.2, 0.25) is 0 Å². The van der Waals surface area contributed by atoms with Crippen molar-refractivity contribution in [3.8, 4) is 11.8 Å². The van der Waals surface area contributed by atoms with Crippen molar-refractivity contribution in [1.29, 1.82) is 0 Å². The maximum Gasteiger partial charge on any atom is 0.321 e. The van der Waals surface area contributed by atoms with Crippen LogP contribution < -0.4 is 0 Å². The van der Waals surface area contributed by atoms with Crippen LogP contribution in [0.1, 0.15) is 62.0 Å². The molecule has 2 N–H and O–H groups in total. The summed E-state index contributed by atoms with van der Waals surface area (Å²) in [5, 5.41) is 21.3. The fourth-order valence-electron chi connectivity index (χ4n) is 6.77. The van der Waals surface area contributed by atoms with Gasteiger partial charge >= 0.3 is 5.97 Å². The van der Waals surface area contributed by atoms with Gasteiger partial charge in [-0.1, -0.05) is 79.6 Å². The fourth-order valence-corrected chi connectivity index (χ4v) is 6.77. The number of hydrogen-bond donors (Lipinski definition) is 2. The van der Waals surface area contributed by atoms with Crippen molar-refractivity contribution in [3.63, 3.8) is 0 Å². The highest BCUT2D eigenvalue weighted by Gasteiger charge is 2.43. The molecule has 37 heavy (non-hydrogen) atoms. The number of carboxylic acids is 1. The number of nitrogens with zero attached hydrogens (tertiary/aromatic N) is 2. The van der Waals surface area contributed by atoms with E-state index in [0.29, 0.717) is 24.7 Å². The molecule has 2 saturated heterocycles. The van der Waals surface area contributed by atoms with Crippen LogP contribution in [0.5, 0.6) is 0 Å². The highest BCUT2D eigenvalue weighted by molar-refractivity contribution is 5.74. The van der Waals surface area contributed by atoms with Crippen molar-refractivity contribution < 1.29 is 15.0 Å². The van der Waals surface area contributed by atoms with Crippen LogP contribution in [0.15, 0.2) is 60.7 Å². The molecule has 2 aromatic carbocycles. The Morgan fingerprint density at radius 2 is 1.59 bits per heavy atom. The van der Waals surface area contributed by atoms with E-state index in [1.807, 2.05) is 30.3 Å². The summed E-state index contributed by atoms with van der Waals surface area (Å²) in [5.74, 6) is 6.59. The number of benzene rings is 2. The molecule has 1 aliphatic carbocycles. The van der Waals surface area contributed by atoms with E-state index >= 15 is 0 Å². The molecule has 0 bridgehead atoms. The number of carboxylic acid groups (broad SMARTS) is 1. The van der Waals surface area contributed by atoms with Crippen LogP contribution in [-0.4, -0.2) is 70.3 Å². The molecule has 0 unspecified atom stereocenters. The van der Waals surface area contributed by atoms with E-state index in [4.69, 9.17) is 0 Å². The average Bonchev–Trinajstić information content (AvgIpc) is 3.33. The average molecular weight is 501 g/mol. The molecule has 5 rings (SSSR count). The van der Waals surface area contributed by atoms with Gasteiger partial charge in [0.2, 0.25) is 0 Å². The minimum atomic E-state index is -0.942. The highest BCUT2D eigenvalue weighted by atomic mass is 16.4. The molecule has 2 aliphatic heterocycles. The third-order valence-electron chi connectivity index (χ3n) is 8.83. The minimum absolute atomic E-state index is 0.259. The molecule has 0 aromatic heterocycles. The quantitative estimate of drug-likeness (QED) is 0.567. The molecule has 0 amide bonds. The molecule has 2 aromatic rings. The fraction of sp³-hybridized carbons (Fsp3) is 0.531. The molecule has 0 spiro atoms. The van der Waals surface area contributed by atoms with Crippen LogP contribution in [-0.2, 0) is 4.79 Å².